The van der Waals surface area contributed by atoms with Gasteiger partial charge < -0.3 is 5.11 Å². The Labute approximate surface area is 109 Å². The van der Waals surface area contributed by atoms with Crippen LogP contribution in [0.1, 0.15) is 44.2 Å². The summed E-state index contributed by atoms with van der Waals surface area (Å²) in [5, 5.41) is 11.2. The zero-order valence-electron chi connectivity index (χ0n) is 10.8. The topological polar surface area (TPSA) is 20.2 Å². The van der Waals surface area contributed by atoms with Crippen molar-refractivity contribution in [3.8, 4) is 0 Å². The fourth-order valence-electron chi connectivity index (χ4n) is 2.61. The van der Waals surface area contributed by atoms with Crippen molar-refractivity contribution in [2.24, 2.45) is 0 Å². The number of hydrogen-bond acceptors (Lipinski definition) is 2. The molecular weight excluding hydrogens is 228 g/mol. The Bertz CT molecular complexity index is 377. The lowest BCUT2D eigenvalue weighted by molar-refractivity contribution is 0.0253. The second-order valence-electron chi connectivity index (χ2n) is 4.99. The molecule has 1 N–H and O–H groups in total. The van der Waals surface area contributed by atoms with E-state index in [1.54, 1.807) is 0 Å². The van der Waals surface area contributed by atoms with Gasteiger partial charge in [0.15, 0.2) is 0 Å². The number of hydrogen-bond donors (Lipinski definition) is 1. The highest BCUT2D eigenvalue weighted by atomic mass is 32.2. The molecule has 0 amide bonds. The molecule has 1 aromatic rings. The molecule has 94 valence electrons. The monoisotopic (exact) mass is 250 g/mol. The van der Waals surface area contributed by atoms with Gasteiger partial charge in [-0.2, -0.15) is 11.8 Å². The van der Waals surface area contributed by atoms with Crippen molar-refractivity contribution in [1.82, 2.24) is 0 Å². The van der Waals surface area contributed by atoms with Gasteiger partial charge in [0.25, 0.3) is 0 Å². The zero-order chi connectivity index (χ0) is 12.3. The van der Waals surface area contributed by atoms with E-state index in [-0.39, 0.29) is 0 Å². The van der Waals surface area contributed by atoms with Gasteiger partial charge in [0.2, 0.25) is 0 Å². The van der Waals surface area contributed by atoms with Gasteiger partial charge in [-0.15, -0.1) is 0 Å². The summed E-state index contributed by atoms with van der Waals surface area (Å²) < 4.78 is 0. The molecule has 2 atom stereocenters. The lowest BCUT2D eigenvalue weighted by atomic mass is 9.85. The zero-order valence-corrected chi connectivity index (χ0v) is 11.6. The van der Waals surface area contributed by atoms with Crippen molar-refractivity contribution < 1.29 is 5.11 Å². The molecule has 1 nitrogen and oxygen atoms in total. The molecule has 0 bridgehead atoms. The molecule has 1 aliphatic rings. The lowest BCUT2D eigenvalue weighted by Crippen LogP contribution is -2.38. The van der Waals surface area contributed by atoms with E-state index < -0.39 is 5.60 Å². The Balaban J connectivity index is 2.28. The molecule has 17 heavy (non-hydrogen) atoms. The summed E-state index contributed by atoms with van der Waals surface area (Å²) >= 11 is 1.89. The third-order valence-corrected chi connectivity index (χ3v) is 5.12. The van der Waals surface area contributed by atoms with Crippen LogP contribution in [0.15, 0.2) is 24.3 Å². The van der Waals surface area contributed by atoms with Gasteiger partial charge in [-0.25, -0.2) is 0 Å². The first kappa shape index (κ1) is 13.0. The molecular formula is C15H22OS. The van der Waals surface area contributed by atoms with Crippen molar-refractivity contribution in [3.63, 3.8) is 0 Å². The largest absolute Gasteiger partial charge is 0.384 e. The summed E-state index contributed by atoms with van der Waals surface area (Å²) in [6.07, 6.45) is 4.28. The minimum Gasteiger partial charge on any atom is -0.384 e. The Morgan fingerprint density at radius 3 is 3.00 bits per heavy atom. The number of rotatable bonds is 3. The Hall–Kier alpha value is -0.470. The highest BCUT2D eigenvalue weighted by Crippen LogP contribution is 2.41. The van der Waals surface area contributed by atoms with Crippen molar-refractivity contribution in [2.75, 3.05) is 5.75 Å². The van der Waals surface area contributed by atoms with Gasteiger partial charge in [0.05, 0.1) is 0 Å². The molecule has 1 heterocycles. The molecule has 2 heteroatoms. The molecule has 1 fully saturated rings. The third kappa shape index (κ3) is 2.69. The van der Waals surface area contributed by atoms with Crippen molar-refractivity contribution >= 4 is 11.8 Å². The van der Waals surface area contributed by atoms with Crippen molar-refractivity contribution in [1.29, 1.82) is 0 Å². The van der Waals surface area contributed by atoms with Crippen molar-refractivity contribution in [2.45, 2.75) is 50.4 Å². The van der Waals surface area contributed by atoms with Crippen LogP contribution in [0.25, 0.3) is 0 Å². The van der Waals surface area contributed by atoms with E-state index in [9.17, 15) is 5.11 Å². The van der Waals surface area contributed by atoms with Gasteiger partial charge in [-0.3, -0.25) is 0 Å². The van der Waals surface area contributed by atoms with Gasteiger partial charge in [-0.05, 0) is 36.1 Å². The van der Waals surface area contributed by atoms with Crippen LogP contribution >= 0.6 is 11.8 Å². The first-order chi connectivity index (χ1) is 8.16. The fraction of sp³-hybridized carbons (Fsp3) is 0.600. The van der Waals surface area contributed by atoms with E-state index in [2.05, 4.69) is 38.1 Å². The van der Waals surface area contributed by atoms with Gasteiger partial charge in [0, 0.05) is 5.25 Å². The number of thioether (sulfide) groups is 1. The first-order valence-electron chi connectivity index (χ1n) is 6.60. The van der Waals surface area contributed by atoms with E-state index in [0.717, 1.165) is 31.2 Å². The maximum Gasteiger partial charge on any atom is 0.101 e. The molecule has 0 aromatic heterocycles. The van der Waals surface area contributed by atoms with Crippen molar-refractivity contribution in [3.05, 3.63) is 35.4 Å². The Kier molecular flexibility index (Phi) is 4.16. The molecule has 0 spiro atoms. The molecule has 1 aromatic carbocycles. The van der Waals surface area contributed by atoms with Gasteiger partial charge in [-0.1, -0.05) is 44.5 Å². The highest BCUT2D eigenvalue weighted by Gasteiger charge is 2.38. The first-order valence-corrected chi connectivity index (χ1v) is 7.65. The summed E-state index contributed by atoms with van der Waals surface area (Å²) in [6.45, 7) is 4.34. The maximum absolute atomic E-state index is 10.9. The van der Waals surface area contributed by atoms with Crippen LogP contribution in [0, 0.1) is 0 Å². The van der Waals surface area contributed by atoms with Crippen LogP contribution < -0.4 is 0 Å². The van der Waals surface area contributed by atoms with E-state index in [1.165, 1.54) is 11.3 Å². The average molecular weight is 250 g/mol. The molecule has 0 radical (unpaired) electrons. The van der Waals surface area contributed by atoms with Crippen LogP contribution in [-0.4, -0.2) is 16.1 Å². The normalized spacial score (nSPS) is 29.2. The quantitative estimate of drug-likeness (QED) is 0.882. The highest BCUT2D eigenvalue weighted by molar-refractivity contribution is 8.00. The molecule has 1 aliphatic heterocycles. The second kappa shape index (κ2) is 5.45. The molecule has 0 saturated carbocycles. The average Bonchev–Trinajstić information content (AvgIpc) is 2.34. The number of aryl methyl sites for hydroxylation is 1. The van der Waals surface area contributed by atoms with Crippen LogP contribution in [0.4, 0.5) is 0 Å². The van der Waals surface area contributed by atoms with Crippen LogP contribution in [0.2, 0.25) is 0 Å². The summed E-state index contributed by atoms with van der Waals surface area (Å²) in [4.78, 5) is 0. The predicted molar refractivity (Wildman–Crippen MR) is 75.5 cm³/mol. The van der Waals surface area contributed by atoms with Crippen LogP contribution in [-0.2, 0) is 12.0 Å². The summed E-state index contributed by atoms with van der Waals surface area (Å²) in [7, 11) is 0. The summed E-state index contributed by atoms with van der Waals surface area (Å²) in [5.74, 6) is 1.18. The summed E-state index contributed by atoms with van der Waals surface area (Å²) in [6, 6.07) is 8.54. The fourth-order valence-corrected chi connectivity index (χ4v) is 3.80. The standard InChI is InChI=1S/C15H22OS/c1-3-6-13-7-4-8-14(11-13)15(16)9-5-10-17-12(15)2/h4,7-8,11-12,16H,3,5-6,9-10H2,1-2H3. The Morgan fingerprint density at radius 1 is 1.47 bits per heavy atom. The molecule has 2 rings (SSSR count). The lowest BCUT2D eigenvalue weighted by Gasteiger charge is -2.38. The maximum atomic E-state index is 10.9. The smallest absolute Gasteiger partial charge is 0.101 e. The van der Waals surface area contributed by atoms with Gasteiger partial charge >= 0.3 is 0 Å². The van der Waals surface area contributed by atoms with Crippen LogP contribution in [0.3, 0.4) is 0 Å². The third-order valence-electron chi connectivity index (χ3n) is 3.71. The minimum absolute atomic E-state index is 0.299. The Morgan fingerprint density at radius 2 is 2.29 bits per heavy atom. The molecule has 2 unspecified atom stereocenters. The second-order valence-corrected chi connectivity index (χ2v) is 6.44. The number of benzene rings is 1. The van der Waals surface area contributed by atoms with E-state index in [1.807, 2.05) is 11.8 Å². The molecule has 1 saturated heterocycles. The molecule has 0 aliphatic carbocycles. The number of aliphatic hydroxyl groups is 1. The van der Waals surface area contributed by atoms with E-state index >= 15 is 0 Å². The van der Waals surface area contributed by atoms with Gasteiger partial charge in [0.1, 0.15) is 5.60 Å². The summed E-state index contributed by atoms with van der Waals surface area (Å²) in [5.41, 5.74) is 1.84. The van der Waals surface area contributed by atoms with E-state index in [4.69, 9.17) is 0 Å². The van der Waals surface area contributed by atoms with Crippen LogP contribution in [0.5, 0.6) is 0 Å². The predicted octanol–water partition coefficient (Wildman–Crippen LogP) is 3.74. The minimum atomic E-state index is -0.618. The SMILES string of the molecule is CCCc1cccc(C2(O)CCCSC2C)c1. The van der Waals surface area contributed by atoms with E-state index in [0.29, 0.717) is 5.25 Å².